The highest BCUT2D eigenvalue weighted by atomic mass is 16.5. The summed E-state index contributed by atoms with van der Waals surface area (Å²) in [5.41, 5.74) is 1.28. The van der Waals surface area contributed by atoms with Gasteiger partial charge in [0.1, 0.15) is 5.75 Å². The molecule has 0 bridgehead atoms. The van der Waals surface area contributed by atoms with E-state index in [0.717, 1.165) is 25.4 Å². The molecule has 106 valence electrons. The topological polar surface area (TPSA) is 27.7 Å². The van der Waals surface area contributed by atoms with Crippen molar-refractivity contribution in [3.63, 3.8) is 0 Å². The molecule has 2 atom stereocenters. The maximum atomic E-state index is 5.22. The molecular weight excluding hydrogens is 238 g/mol. The van der Waals surface area contributed by atoms with Gasteiger partial charge in [0.25, 0.3) is 0 Å². The first-order valence-electron chi connectivity index (χ1n) is 6.91. The lowest BCUT2D eigenvalue weighted by atomic mass is 10.1. The van der Waals surface area contributed by atoms with Crippen molar-refractivity contribution >= 4 is 5.69 Å². The third-order valence-electron chi connectivity index (χ3n) is 4.06. The first-order chi connectivity index (χ1) is 9.15. The maximum absolute atomic E-state index is 5.22. The highest BCUT2D eigenvalue weighted by Gasteiger charge is 2.28. The fraction of sp³-hybridized carbons (Fsp3) is 0.600. The first-order valence-corrected chi connectivity index (χ1v) is 6.91. The molecule has 1 heterocycles. The minimum Gasteiger partial charge on any atom is -0.497 e. The van der Waals surface area contributed by atoms with Gasteiger partial charge in [-0.2, -0.15) is 0 Å². The van der Waals surface area contributed by atoms with E-state index in [2.05, 4.69) is 41.2 Å². The second kappa shape index (κ2) is 6.26. The van der Waals surface area contributed by atoms with Gasteiger partial charge in [0, 0.05) is 37.4 Å². The molecule has 0 spiro atoms. The number of ether oxygens (including phenoxy) is 1. The van der Waals surface area contributed by atoms with Crippen molar-refractivity contribution in [2.75, 3.05) is 45.7 Å². The smallest absolute Gasteiger partial charge is 0.119 e. The summed E-state index contributed by atoms with van der Waals surface area (Å²) >= 11 is 0. The lowest BCUT2D eigenvalue weighted by Gasteiger charge is -2.45. The monoisotopic (exact) mass is 263 g/mol. The lowest BCUT2D eigenvalue weighted by Crippen LogP contribution is -2.58. The number of nitrogens with one attached hydrogen (secondary N) is 1. The molecule has 0 aromatic heterocycles. The number of rotatable bonds is 4. The Kier molecular flexibility index (Phi) is 4.66. The number of anilines is 1. The number of piperazine rings is 1. The molecular formula is C15H25N3O. The summed E-state index contributed by atoms with van der Waals surface area (Å²) in [7, 11) is 5.94. The molecule has 0 amide bonds. The lowest BCUT2D eigenvalue weighted by molar-refractivity contribution is 0.157. The highest BCUT2D eigenvalue weighted by molar-refractivity contribution is 5.50. The van der Waals surface area contributed by atoms with Crippen molar-refractivity contribution in [3.05, 3.63) is 24.3 Å². The van der Waals surface area contributed by atoms with Crippen LogP contribution >= 0.6 is 0 Å². The Morgan fingerprint density at radius 2 is 1.95 bits per heavy atom. The largest absolute Gasteiger partial charge is 0.497 e. The van der Waals surface area contributed by atoms with Gasteiger partial charge in [-0.1, -0.05) is 0 Å². The van der Waals surface area contributed by atoms with Crippen LogP contribution in [0.5, 0.6) is 5.75 Å². The molecule has 1 aromatic rings. The van der Waals surface area contributed by atoms with Gasteiger partial charge in [0.2, 0.25) is 0 Å². The molecule has 2 rings (SSSR count). The molecule has 4 heteroatoms. The summed E-state index contributed by atoms with van der Waals surface area (Å²) in [4.78, 5) is 4.93. The molecule has 0 saturated carbocycles. The molecule has 1 aromatic carbocycles. The molecule has 19 heavy (non-hydrogen) atoms. The average Bonchev–Trinajstić information content (AvgIpc) is 2.44. The SMILES string of the molecule is CNCC1CN(c2ccc(OC)cc2)CC(C)N1C. The van der Waals surface area contributed by atoms with E-state index < -0.39 is 0 Å². The zero-order valence-corrected chi connectivity index (χ0v) is 12.4. The van der Waals surface area contributed by atoms with Crippen molar-refractivity contribution < 1.29 is 4.74 Å². The Balaban J connectivity index is 2.10. The zero-order valence-electron chi connectivity index (χ0n) is 12.4. The summed E-state index contributed by atoms with van der Waals surface area (Å²) in [6.07, 6.45) is 0. The highest BCUT2D eigenvalue weighted by Crippen LogP contribution is 2.23. The molecule has 0 radical (unpaired) electrons. The predicted molar refractivity (Wildman–Crippen MR) is 80.1 cm³/mol. The van der Waals surface area contributed by atoms with Gasteiger partial charge >= 0.3 is 0 Å². The van der Waals surface area contributed by atoms with Gasteiger partial charge in [0.05, 0.1) is 7.11 Å². The second-order valence-electron chi connectivity index (χ2n) is 5.33. The molecule has 0 aliphatic carbocycles. The van der Waals surface area contributed by atoms with E-state index in [-0.39, 0.29) is 0 Å². The van der Waals surface area contributed by atoms with Crippen LogP contribution in [0.4, 0.5) is 5.69 Å². The van der Waals surface area contributed by atoms with Crippen LogP contribution in [0.2, 0.25) is 0 Å². The number of likely N-dealkylation sites (N-methyl/N-ethyl adjacent to an activating group) is 2. The van der Waals surface area contributed by atoms with E-state index in [1.807, 2.05) is 19.2 Å². The fourth-order valence-electron chi connectivity index (χ4n) is 2.71. The zero-order chi connectivity index (χ0) is 13.8. The number of benzene rings is 1. The van der Waals surface area contributed by atoms with Gasteiger partial charge in [-0.15, -0.1) is 0 Å². The van der Waals surface area contributed by atoms with E-state index >= 15 is 0 Å². The fourth-order valence-corrected chi connectivity index (χ4v) is 2.71. The van der Waals surface area contributed by atoms with Crippen LogP contribution in [-0.4, -0.2) is 57.8 Å². The van der Waals surface area contributed by atoms with Crippen molar-refractivity contribution in [1.29, 1.82) is 0 Å². The average molecular weight is 263 g/mol. The normalized spacial score (nSPS) is 24.5. The Morgan fingerprint density at radius 1 is 1.26 bits per heavy atom. The van der Waals surface area contributed by atoms with Crippen LogP contribution in [0, 0.1) is 0 Å². The number of hydrogen-bond acceptors (Lipinski definition) is 4. The van der Waals surface area contributed by atoms with Gasteiger partial charge in [0.15, 0.2) is 0 Å². The Hall–Kier alpha value is -1.26. The second-order valence-corrected chi connectivity index (χ2v) is 5.33. The third-order valence-corrected chi connectivity index (χ3v) is 4.06. The minimum absolute atomic E-state index is 0.552. The number of nitrogens with zero attached hydrogens (tertiary/aromatic N) is 2. The molecule has 1 saturated heterocycles. The summed E-state index contributed by atoms with van der Waals surface area (Å²) in [6, 6.07) is 9.47. The maximum Gasteiger partial charge on any atom is 0.119 e. The number of hydrogen-bond donors (Lipinski definition) is 1. The molecule has 1 aliphatic rings. The van der Waals surface area contributed by atoms with Crippen molar-refractivity contribution in [3.8, 4) is 5.75 Å². The Labute approximate surface area is 116 Å². The van der Waals surface area contributed by atoms with E-state index in [1.54, 1.807) is 7.11 Å². The van der Waals surface area contributed by atoms with Crippen LogP contribution in [0.1, 0.15) is 6.92 Å². The third kappa shape index (κ3) is 3.19. The van der Waals surface area contributed by atoms with Crippen LogP contribution in [0.15, 0.2) is 24.3 Å². The summed E-state index contributed by atoms with van der Waals surface area (Å²) < 4.78 is 5.22. The van der Waals surface area contributed by atoms with Crippen LogP contribution in [0.3, 0.4) is 0 Å². The number of methoxy groups -OCH3 is 1. The molecule has 1 fully saturated rings. The minimum atomic E-state index is 0.552. The summed E-state index contributed by atoms with van der Waals surface area (Å²) in [6.45, 7) is 5.45. The molecule has 1 N–H and O–H groups in total. The van der Waals surface area contributed by atoms with Crippen molar-refractivity contribution in [1.82, 2.24) is 10.2 Å². The quantitative estimate of drug-likeness (QED) is 0.889. The van der Waals surface area contributed by atoms with E-state index in [9.17, 15) is 0 Å². The van der Waals surface area contributed by atoms with E-state index in [0.29, 0.717) is 12.1 Å². The Morgan fingerprint density at radius 3 is 2.53 bits per heavy atom. The van der Waals surface area contributed by atoms with Gasteiger partial charge in [-0.25, -0.2) is 0 Å². The predicted octanol–water partition coefficient (Wildman–Crippen LogP) is 1.42. The van der Waals surface area contributed by atoms with Crippen molar-refractivity contribution in [2.24, 2.45) is 0 Å². The summed E-state index contributed by atoms with van der Waals surface area (Å²) in [5, 5.41) is 3.29. The van der Waals surface area contributed by atoms with Gasteiger partial charge in [-0.3, -0.25) is 4.90 Å². The van der Waals surface area contributed by atoms with Gasteiger partial charge < -0.3 is 15.0 Å². The molecule has 4 nitrogen and oxygen atoms in total. The van der Waals surface area contributed by atoms with Gasteiger partial charge in [-0.05, 0) is 45.3 Å². The van der Waals surface area contributed by atoms with Crippen LogP contribution in [-0.2, 0) is 0 Å². The van der Waals surface area contributed by atoms with E-state index in [1.165, 1.54) is 5.69 Å². The Bertz CT molecular complexity index is 393. The standard InChI is InChI=1S/C15H25N3O/c1-12-10-18(11-14(9-16-2)17(12)3)13-5-7-15(19-4)8-6-13/h5-8,12,14,16H,9-11H2,1-4H3. The van der Waals surface area contributed by atoms with Crippen molar-refractivity contribution in [2.45, 2.75) is 19.0 Å². The van der Waals surface area contributed by atoms with Crippen LogP contribution in [0.25, 0.3) is 0 Å². The first kappa shape index (κ1) is 14.2. The van der Waals surface area contributed by atoms with E-state index in [4.69, 9.17) is 4.74 Å². The molecule has 2 unspecified atom stereocenters. The molecule has 1 aliphatic heterocycles. The summed E-state index contributed by atoms with van der Waals surface area (Å²) in [5.74, 6) is 0.915. The van der Waals surface area contributed by atoms with Crippen LogP contribution < -0.4 is 15.0 Å².